The molecule has 2 rings (SSSR count). The van der Waals surface area contributed by atoms with E-state index in [1.54, 1.807) is 7.05 Å². The summed E-state index contributed by atoms with van der Waals surface area (Å²) in [7, 11) is 1.56. The van der Waals surface area contributed by atoms with Crippen LogP contribution in [0.3, 0.4) is 0 Å². The summed E-state index contributed by atoms with van der Waals surface area (Å²) in [5, 5.41) is 9.46. The number of benzene rings is 1. The molecule has 0 saturated heterocycles. The van der Waals surface area contributed by atoms with Crippen LogP contribution in [0.2, 0.25) is 5.02 Å². The van der Waals surface area contributed by atoms with Crippen molar-refractivity contribution in [2.24, 2.45) is 7.05 Å². The van der Waals surface area contributed by atoms with Crippen LogP contribution in [0, 0.1) is 0 Å². The molecule has 10 heteroatoms. The lowest BCUT2D eigenvalue weighted by Gasteiger charge is -2.15. The van der Waals surface area contributed by atoms with Crippen molar-refractivity contribution in [3.8, 4) is 0 Å². The molecular formula is C12H10ClF3N4OS. The van der Waals surface area contributed by atoms with Gasteiger partial charge in [0.25, 0.3) is 5.91 Å². The van der Waals surface area contributed by atoms with E-state index in [2.05, 4.69) is 15.6 Å². The molecule has 1 heterocycles. The van der Waals surface area contributed by atoms with Crippen LogP contribution in [0.25, 0.3) is 0 Å². The van der Waals surface area contributed by atoms with Gasteiger partial charge in [0.1, 0.15) is 0 Å². The highest BCUT2D eigenvalue weighted by Crippen LogP contribution is 2.41. The van der Waals surface area contributed by atoms with Crippen molar-refractivity contribution >= 4 is 35.1 Å². The fraction of sp³-hybridized carbons (Fsp3) is 0.250. The first-order chi connectivity index (χ1) is 10.3. The summed E-state index contributed by atoms with van der Waals surface area (Å²) >= 11 is 6.80. The lowest BCUT2D eigenvalue weighted by molar-refractivity contribution is -0.139. The van der Waals surface area contributed by atoms with Crippen molar-refractivity contribution in [1.82, 2.24) is 15.0 Å². The quantitative estimate of drug-likeness (QED) is 0.861. The monoisotopic (exact) mass is 350 g/mol. The standard InChI is InChI=1S/C12H10ClF3N4OS/c1-20-8(5-17-19-20)18-11(21)6-3-4-7(12(14,15)16)10(22-2)9(6)13/h3-5H,1-2H3,(H,18,21). The van der Waals surface area contributed by atoms with E-state index < -0.39 is 17.6 Å². The Morgan fingerprint density at radius 1 is 1.41 bits per heavy atom. The normalized spacial score (nSPS) is 11.5. The average molecular weight is 351 g/mol. The van der Waals surface area contributed by atoms with E-state index in [4.69, 9.17) is 11.6 Å². The van der Waals surface area contributed by atoms with E-state index in [9.17, 15) is 18.0 Å². The van der Waals surface area contributed by atoms with Crippen LogP contribution >= 0.6 is 23.4 Å². The number of carbonyl (C=O) groups excluding carboxylic acids is 1. The van der Waals surface area contributed by atoms with Crippen LogP contribution in [0.15, 0.2) is 23.2 Å². The molecule has 1 N–H and O–H groups in total. The molecule has 118 valence electrons. The van der Waals surface area contributed by atoms with Gasteiger partial charge in [-0.3, -0.25) is 4.79 Å². The van der Waals surface area contributed by atoms with Gasteiger partial charge in [-0.15, -0.1) is 16.9 Å². The van der Waals surface area contributed by atoms with Crippen LogP contribution < -0.4 is 5.32 Å². The van der Waals surface area contributed by atoms with Crippen molar-refractivity contribution in [1.29, 1.82) is 0 Å². The van der Waals surface area contributed by atoms with Crippen LogP contribution in [0.1, 0.15) is 15.9 Å². The number of nitrogens with zero attached hydrogens (tertiary/aromatic N) is 3. The van der Waals surface area contributed by atoms with Crippen molar-refractivity contribution in [3.63, 3.8) is 0 Å². The van der Waals surface area contributed by atoms with Crippen LogP contribution in [-0.4, -0.2) is 27.2 Å². The number of hydrogen-bond acceptors (Lipinski definition) is 4. The van der Waals surface area contributed by atoms with Gasteiger partial charge in [-0.05, 0) is 18.4 Å². The smallest absolute Gasteiger partial charge is 0.305 e. The third kappa shape index (κ3) is 3.20. The molecule has 1 aromatic carbocycles. The summed E-state index contributed by atoms with van der Waals surface area (Å²) in [6, 6.07) is 1.89. The third-order valence-corrected chi connectivity index (χ3v) is 4.14. The van der Waals surface area contributed by atoms with Crippen molar-refractivity contribution < 1.29 is 18.0 Å². The van der Waals surface area contributed by atoms with Crippen molar-refractivity contribution in [3.05, 3.63) is 34.5 Å². The van der Waals surface area contributed by atoms with Crippen LogP contribution in [0.4, 0.5) is 19.0 Å². The van der Waals surface area contributed by atoms with E-state index in [-0.39, 0.29) is 15.5 Å². The lowest BCUT2D eigenvalue weighted by atomic mass is 10.1. The molecule has 0 aliphatic carbocycles. The molecule has 0 unspecified atom stereocenters. The van der Waals surface area contributed by atoms with Crippen LogP contribution in [-0.2, 0) is 13.2 Å². The number of hydrogen-bond donors (Lipinski definition) is 1. The van der Waals surface area contributed by atoms with Gasteiger partial charge in [0, 0.05) is 11.9 Å². The summed E-state index contributed by atoms with van der Waals surface area (Å²) in [6.07, 6.45) is -1.77. The number of halogens is 4. The Kier molecular flexibility index (Phi) is 4.66. The van der Waals surface area contributed by atoms with Crippen molar-refractivity contribution in [2.45, 2.75) is 11.1 Å². The first kappa shape index (κ1) is 16.6. The Morgan fingerprint density at radius 2 is 2.09 bits per heavy atom. The summed E-state index contributed by atoms with van der Waals surface area (Å²) in [4.78, 5) is 12.0. The first-order valence-electron chi connectivity index (χ1n) is 5.85. The van der Waals surface area contributed by atoms with E-state index in [0.717, 1.165) is 23.9 Å². The molecule has 2 aromatic rings. The maximum atomic E-state index is 12.9. The SMILES string of the molecule is CSc1c(C(F)(F)F)ccc(C(=O)Nc2cnnn2C)c1Cl. The topological polar surface area (TPSA) is 59.8 Å². The summed E-state index contributed by atoms with van der Waals surface area (Å²) in [5.41, 5.74) is -0.927. The number of nitrogens with one attached hydrogen (secondary N) is 1. The van der Waals surface area contributed by atoms with Gasteiger partial charge in [-0.25, -0.2) is 4.68 Å². The number of anilines is 1. The second kappa shape index (κ2) is 6.17. The van der Waals surface area contributed by atoms with Gasteiger partial charge in [-0.1, -0.05) is 16.8 Å². The highest BCUT2D eigenvalue weighted by Gasteiger charge is 2.35. The van der Waals surface area contributed by atoms with E-state index in [1.807, 2.05) is 0 Å². The second-order valence-electron chi connectivity index (χ2n) is 4.20. The number of thioether (sulfide) groups is 1. The number of rotatable bonds is 3. The number of amides is 1. The molecule has 0 bridgehead atoms. The van der Waals surface area contributed by atoms with Gasteiger partial charge < -0.3 is 5.32 Å². The van der Waals surface area contributed by atoms with Gasteiger partial charge in [-0.2, -0.15) is 13.2 Å². The number of carbonyl (C=O) groups is 1. The minimum atomic E-state index is -4.54. The molecule has 0 spiro atoms. The van der Waals surface area contributed by atoms with E-state index in [0.29, 0.717) is 5.82 Å². The Labute approximate surface area is 132 Å². The molecule has 0 aliphatic rings. The minimum Gasteiger partial charge on any atom is -0.305 e. The predicted octanol–water partition coefficient (Wildman–Crippen LogP) is 3.46. The van der Waals surface area contributed by atoms with Crippen molar-refractivity contribution in [2.75, 3.05) is 11.6 Å². The fourth-order valence-electron chi connectivity index (χ4n) is 1.74. The molecule has 0 atom stereocenters. The zero-order chi connectivity index (χ0) is 16.5. The largest absolute Gasteiger partial charge is 0.417 e. The Balaban J connectivity index is 2.40. The molecule has 0 radical (unpaired) electrons. The highest BCUT2D eigenvalue weighted by atomic mass is 35.5. The summed E-state index contributed by atoms with van der Waals surface area (Å²) in [6.45, 7) is 0. The molecule has 1 aromatic heterocycles. The molecule has 0 aliphatic heterocycles. The minimum absolute atomic E-state index is 0.0554. The van der Waals surface area contributed by atoms with Gasteiger partial charge in [0.15, 0.2) is 5.82 Å². The maximum Gasteiger partial charge on any atom is 0.417 e. The lowest BCUT2D eigenvalue weighted by Crippen LogP contribution is -2.16. The molecule has 1 amide bonds. The fourth-order valence-corrected chi connectivity index (χ4v) is 2.92. The van der Waals surface area contributed by atoms with Gasteiger partial charge in [0.2, 0.25) is 0 Å². The molecular weight excluding hydrogens is 341 g/mol. The molecule has 5 nitrogen and oxygen atoms in total. The van der Waals surface area contributed by atoms with Gasteiger partial charge >= 0.3 is 6.18 Å². The summed E-state index contributed by atoms with van der Waals surface area (Å²) in [5.74, 6) is -0.342. The number of alkyl halides is 3. The Hall–Kier alpha value is -1.74. The third-order valence-electron chi connectivity index (χ3n) is 2.81. The van der Waals surface area contributed by atoms with E-state index in [1.165, 1.54) is 17.1 Å². The number of aromatic nitrogens is 3. The van der Waals surface area contributed by atoms with Gasteiger partial charge in [0.05, 0.1) is 22.3 Å². The zero-order valence-corrected chi connectivity index (χ0v) is 13.0. The maximum absolute atomic E-state index is 12.9. The zero-order valence-electron chi connectivity index (χ0n) is 11.4. The summed E-state index contributed by atoms with van der Waals surface area (Å²) < 4.78 is 40.1. The molecule has 22 heavy (non-hydrogen) atoms. The first-order valence-corrected chi connectivity index (χ1v) is 7.45. The van der Waals surface area contributed by atoms with Crippen LogP contribution in [0.5, 0.6) is 0 Å². The molecule has 0 saturated carbocycles. The highest BCUT2D eigenvalue weighted by molar-refractivity contribution is 7.98. The Morgan fingerprint density at radius 3 is 2.59 bits per heavy atom. The van der Waals surface area contributed by atoms with E-state index >= 15 is 0 Å². The number of aryl methyl sites for hydroxylation is 1. The molecule has 0 fully saturated rings. The second-order valence-corrected chi connectivity index (χ2v) is 5.40. The average Bonchev–Trinajstić information content (AvgIpc) is 2.82. The predicted molar refractivity (Wildman–Crippen MR) is 77.2 cm³/mol. The Bertz CT molecular complexity index is 717.